The zero-order chi connectivity index (χ0) is 27.0. The quantitative estimate of drug-likeness (QED) is 0.276. The van der Waals surface area contributed by atoms with Gasteiger partial charge in [0.05, 0.1) is 12.2 Å². The highest BCUT2D eigenvalue weighted by molar-refractivity contribution is 5.94. The molecule has 0 fully saturated rings. The largest absolute Gasteiger partial charge is 0.436 e. The number of H-pyrrole nitrogens is 1. The van der Waals surface area contributed by atoms with Gasteiger partial charge in [-0.3, -0.25) is 9.89 Å². The van der Waals surface area contributed by atoms with E-state index in [2.05, 4.69) is 31.0 Å². The van der Waals surface area contributed by atoms with Crippen LogP contribution in [-0.4, -0.2) is 49.6 Å². The number of aryl methyl sites for hydroxylation is 1. The van der Waals surface area contributed by atoms with Crippen molar-refractivity contribution in [2.24, 2.45) is 5.41 Å². The third-order valence-corrected chi connectivity index (χ3v) is 6.39. The van der Waals surface area contributed by atoms with E-state index in [1.807, 2.05) is 58.9 Å². The van der Waals surface area contributed by atoms with Crippen molar-refractivity contribution >= 4 is 17.8 Å². The van der Waals surface area contributed by atoms with Crippen LogP contribution in [0.3, 0.4) is 0 Å². The van der Waals surface area contributed by atoms with Crippen LogP contribution in [0.2, 0.25) is 0 Å². The van der Waals surface area contributed by atoms with Gasteiger partial charge in [0.25, 0.3) is 11.8 Å². The summed E-state index contributed by atoms with van der Waals surface area (Å²) >= 11 is 0. The first kappa shape index (κ1) is 27.9. The smallest absolute Gasteiger partial charge is 0.408 e. The number of rotatable bonds is 12. The second-order valence-electron chi connectivity index (χ2n) is 9.74. The van der Waals surface area contributed by atoms with Crippen molar-refractivity contribution in [3.05, 3.63) is 48.0 Å². The molecule has 0 unspecified atom stereocenters. The third-order valence-electron chi connectivity index (χ3n) is 6.39. The van der Waals surface area contributed by atoms with E-state index < -0.39 is 35.7 Å². The third kappa shape index (κ3) is 7.39. The summed E-state index contributed by atoms with van der Waals surface area (Å²) in [4.78, 5) is 25.6. The Morgan fingerprint density at radius 1 is 1.16 bits per heavy atom. The molecule has 0 spiro atoms. The molecule has 0 bridgehead atoms. The monoisotopic (exact) mass is 512 g/mol. The zero-order valence-electron chi connectivity index (χ0n) is 21.9. The predicted molar refractivity (Wildman–Crippen MR) is 137 cm³/mol. The fraction of sp³-hybridized carbons (Fsp3) is 0.500. The minimum Gasteiger partial charge on any atom is -0.436 e. The Hall–Kier alpha value is -3.73. The molecule has 200 valence electrons. The molecule has 37 heavy (non-hydrogen) atoms. The average Bonchev–Trinajstić information content (AvgIpc) is 3.57. The number of alkyl carbamates (subject to hydrolysis) is 1. The van der Waals surface area contributed by atoms with E-state index in [-0.39, 0.29) is 5.89 Å². The summed E-state index contributed by atoms with van der Waals surface area (Å²) in [7, 11) is 0. The summed E-state index contributed by atoms with van der Waals surface area (Å²) in [6.45, 7) is 9.80. The molecule has 2 amide bonds. The van der Waals surface area contributed by atoms with Crippen LogP contribution in [0, 0.1) is 12.3 Å². The maximum Gasteiger partial charge on any atom is 0.408 e. The number of carbonyl (C=O) groups is 2. The molecule has 4 N–H and O–H groups in total. The van der Waals surface area contributed by atoms with Crippen molar-refractivity contribution in [1.29, 1.82) is 0 Å². The number of aromatic nitrogens is 4. The number of benzene rings is 1. The molecule has 2 heterocycles. The molecule has 3 atom stereocenters. The van der Waals surface area contributed by atoms with E-state index in [1.165, 1.54) is 6.20 Å². The lowest BCUT2D eigenvalue weighted by Gasteiger charge is -2.31. The van der Waals surface area contributed by atoms with Gasteiger partial charge in [-0.05, 0) is 31.9 Å². The first-order chi connectivity index (χ1) is 17.6. The van der Waals surface area contributed by atoms with Crippen LogP contribution >= 0.6 is 0 Å². The fourth-order valence-electron chi connectivity index (χ4n) is 3.62. The van der Waals surface area contributed by atoms with Crippen LogP contribution in [0.1, 0.15) is 70.9 Å². The maximum absolute atomic E-state index is 13.0. The van der Waals surface area contributed by atoms with Crippen molar-refractivity contribution in [3.63, 3.8) is 0 Å². The van der Waals surface area contributed by atoms with Crippen LogP contribution in [0.5, 0.6) is 0 Å². The average molecular weight is 513 g/mol. The summed E-state index contributed by atoms with van der Waals surface area (Å²) in [6, 6.07) is 8.34. The number of amides is 2. The number of carbonyl (C=O) groups excluding carboxylic acids is 2. The molecule has 3 rings (SSSR count). The van der Waals surface area contributed by atoms with E-state index in [0.29, 0.717) is 31.0 Å². The van der Waals surface area contributed by atoms with Crippen molar-refractivity contribution < 1.29 is 23.8 Å². The first-order valence-electron chi connectivity index (χ1n) is 12.5. The zero-order valence-corrected chi connectivity index (χ0v) is 21.9. The van der Waals surface area contributed by atoms with Crippen LogP contribution in [0.15, 0.2) is 40.9 Å². The molecule has 0 aliphatic rings. The van der Waals surface area contributed by atoms with Gasteiger partial charge in [-0.2, -0.15) is 5.10 Å². The van der Waals surface area contributed by atoms with Gasteiger partial charge in [-0.25, -0.2) is 4.79 Å². The van der Waals surface area contributed by atoms with Gasteiger partial charge in [0, 0.05) is 17.0 Å². The van der Waals surface area contributed by atoms with Crippen molar-refractivity contribution in [2.45, 2.75) is 78.6 Å². The molecule has 11 heteroatoms. The van der Waals surface area contributed by atoms with Crippen LogP contribution in [-0.2, 0) is 9.53 Å². The Labute approximate surface area is 216 Å². The number of aliphatic hydroxyl groups excluding tert-OH is 1. The van der Waals surface area contributed by atoms with Crippen LogP contribution < -0.4 is 10.6 Å². The molecule has 0 aliphatic heterocycles. The Bertz CT molecular complexity index is 1140. The topological polar surface area (TPSA) is 155 Å². The lowest BCUT2D eigenvalue weighted by molar-refractivity contribution is -0.125. The van der Waals surface area contributed by atoms with E-state index in [4.69, 9.17) is 9.15 Å². The number of nitrogens with one attached hydrogen (secondary N) is 3. The summed E-state index contributed by atoms with van der Waals surface area (Å²) in [5, 5.41) is 30.6. The van der Waals surface area contributed by atoms with E-state index in [1.54, 1.807) is 6.07 Å². The van der Waals surface area contributed by atoms with Gasteiger partial charge in [0.15, 0.2) is 12.2 Å². The van der Waals surface area contributed by atoms with Gasteiger partial charge < -0.3 is 24.9 Å². The lowest BCUT2D eigenvalue weighted by Crippen LogP contribution is -2.49. The highest BCUT2D eigenvalue weighted by atomic mass is 16.6. The number of nitrogens with zero attached hydrogens (tertiary/aromatic N) is 3. The van der Waals surface area contributed by atoms with Crippen molar-refractivity contribution in [3.8, 4) is 11.5 Å². The Balaban J connectivity index is 1.75. The normalized spacial score (nSPS) is 14.0. The number of hydrogen-bond donors (Lipinski definition) is 4. The Morgan fingerprint density at radius 2 is 1.89 bits per heavy atom. The molecule has 2 aromatic heterocycles. The maximum atomic E-state index is 13.0. The second kappa shape index (κ2) is 12.5. The highest BCUT2D eigenvalue weighted by Crippen LogP contribution is 2.39. The van der Waals surface area contributed by atoms with Gasteiger partial charge in [-0.15, -0.1) is 10.2 Å². The number of anilines is 1. The summed E-state index contributed by atoms with van der Waals surface area (Å²) in [5.74, 6) is 0.157. The van der Waals surface area contributed by atoms with Crippen molar-refractivity contribution in [1.82, 2.24) is 25.7 Å². The molecule has 0 radical (unpaired) electrons. The number of unbranched alkanes of at least 4 members (excludes halogenated alkanes) is 1. The Morgan fingerprint density at radius 3 is 2.51 bits per heavy atom. The molecular weight excluding hydrogens is 476 g/mol. The van der Waals surface area contributed by atoms with Gasteiger partial charge >= 0.3 is 6.09 Å². The number of hydrogen-bond acceptors (Lipinski definition) is 8. The second-order valence-corrected chi connectivity index (χ2v) is 9.74. The molecule has 3 aromatic rings. The molecule has 0 saturated heterocycles. The van der Waals surface area contributed by atoms with E-state index in [9.17, 15) is 14.7 Å². The molecule has 0 saturated carbocycles. The minimum absolute atomic E-state index is 0.167. The summed E-state index contributed by atoms with van der Waals surface area (Å²) in [6.07, 6.45) is 0.859. The standard InChI is InChI=1S/C26H36N6O5/c1-6-8-9-18(20(33)22(34)29-19-14-15-27-30-19)28-25(35)36-21(26(4,5)7-2)24-32-31-23(37-24)17-12-10-16(3)11-13-17/h10-15,18,20-21,33H,6-9H2,1-5H3,(H,28,35)(H2,27,29,30,34)/t18-,20-,21-/m0/s1. The lowest BCUT2D eigenvalue weighted by atomic mass is 9.83. The summed E-state index contributed by atoms with van der Waals surface area (Å²) < 4.78 is 11.7. The first-order valence-corrected chi connectivity index (χ1v) is 12.5. The fourth-order valence-corrected chi connectivity index (χ4v) is 3.62. The van der Waals surface area contributed by atoms with Gasteiger partial charge in [0.2, 0.25) is 5.89 Å². The number of aliphatic hydroxyl groups is 1. The molecule has 1 aromatic carbocycles. The predicted octanol–water partition coefficient (Wildman–Crippen LogP) is 4.53. The highest BCUT2D eigenvalue weighted by Gasteiger charge is 2.38. The van der Waals surface area contributed by atoms with Crippen LogP contribution in [0.4, 0.5) is 10.6 Å². The van der Waals surface area contributed by atoms with Gasteiger partial charge in [-0.1, -0.05) is 58.2 Å². The SMILES string of the molecule is CCCC[C@H](NC(=O)O[C@@H](c1nnc(-c2ccc(C)cc2)o1)C(C)(C)CC)[C@H](O)C(=O)Nc1ccn[nH]1. The van der Waals surface area contributed by atoms with Crippen LogP contribution in [0.25, 0.3) is 11.5 Å². The Kier molecular flexibility index (Phi) is 9.40. The number of ether oxygens (including phenoxy) is 1. The molecule has 0 aliphatic carbocycles. The van der Waals surface area contributed by atoms with E-state index >= 15 is 0 Å². The molecular formula is C26H36N6O5. The van der Waals surface area contributed by atoms with E-state index in [0.717, 1.165) is 17.5 Å². The molecule has 11 nitrogen and oxygen atoms in total. The minimum atomic E-state index is -1.50. The number of aromatic amines is 1. The van der Waals surface area contributed by atoms with Gasteiger partial charge in [0.1, 0.15) is 5.82 Å². The summed E-state index contributed by atoms with van der Waals surface area (Å²) in [5.41, 5.74) is 1.32. The van der Waals surface area contributed by atoms with Crippen molar-refractivity contribution in [2.75, 3.05) is 5.32 Å².